The minimum atomic E-state index is -0.694. The van der Waals surface area contributed by atoms with Crippen LogP contribution in [0.25, 0.3) is 0 Å². The highest BCUT2D eigenvalue weighted by atomic mass is 35.5. The maximum atomic E-state index is 13.6. The predicted molar refractivity (Wildman–Crippen MR) is 102 cm³/mol. The van der Waals surface area contributed by atoms with Crippen molar-refractivity contribution in [2.45, 2.75) is 12.8 Å². The van der Waals surface area contributed by atoms with Gasteiger partial charge >= 0.3 is 0 Å². The van der Waals surface area contributed by atoms with Crippen molar-refractivity contribution >= 4 is 34.9 Å². The van der Waals surface area contributed by atoms with E-state index in [1.807, 2.05) is 4.90 Å². The van der Waals surface area contributed by atoms with Crippen LogP contribution >= 0.6 is 11.6 Å². The summed E-state index contributed by atoms with van der Waals surface area (Å²) < 4.78 is 26.8. The normalized spacial score (nSPS) is 15.2. The largest absolute Gasteiger partial charge is 0.322 e. The van der Waals surface area contributed by atoms with Gasteiger partial charge in [0, 0.05) is 18.2 Å². The Bertz CT molecular complexity index is 856. The Hall–Kier alpha value is -2.58. The summed E-state index contributed by atoms with van der Waals surface area (Å²) in [5.74, 6) is -1.62. The minimum absolute atomic E-state index is 0.0447. The van der Waals surface area contributed by atoms with Crippen LogP contribution in [0.3, 0.4) is 0 Å². The first-order valence-corrected chi connectivity index (χ1v) is 9.18. The lowest BCUT2D eigenvalue weighted by molar-refractivity contribution is -0.121. The number of hydrogen-bond donors (Lipinski definition) is 2. The molecule has 6 nitrogen and oxygen atoms in total. The zero-order valence-electron chi connectivity index (χ0n) is 14.9. The predicted octanol–water partition coefficient (Wildman–Crippen LogP) is 3.30. The Morgan fingerprint density at radius 1 is 1.14 bits per heavy atom. The second-order valence-corrected chi connectivity index (χ2v) is 7.01. The molecule has 0 aliphatic carbocycles. The molecule has 2 amide bonds. The van der Waals surface area contributed by atoms with Crippen molar-refractivity contribution < 1.29 is 18.4 Å². The summed E-state index contributed by atoms with van der Waals surface area (Å²) in [4.78, 5) is 30.3. The minimum Gasteiger partial charge on any atom is -0.322 e. The van der Waals surface area contributed by atoms with E-state index >= 15 is 0 Å². The molecular formula is C19H19ClF2N4O2. The summed E-state index contributed by atoms with van der Waals surface area (Å²) in [6.45, 7) is 1.14. The summed E-state index contributed by atoms with van der Waals surface area (Å²) in [6, 6.07) is 6.16. The molecule has 1 aromatic heterocycles. The van der Waals surface area contributed by atoms with Crippen molar-refractivity contribution in [2.75, 3.05) is 30.3 Å². The Kier molecular flexibility index (Phi) is 6.53. The van der Waals surface area contributed by atoms with Crippen LogP contribution in [0.4, 0.5) is 20.3 Å². The van der Waals surface area contributed by atoms with Crippen LogP contribution in [0.15, 0.2) is 36.5 Å². The highest BCUT2D eigenvalue weighted by Gasteiger charge is 2.26. The average molecular weight is 409 g/mol. The molecule has 1 aliphatic rings. The molecule has 0 unspecified atom stereocenters. The van der Waals surface area contributed by atoms with Gasteiger partial charge in [0.2, 0.25) is 11.8 Å². The van der Waals surface area contributed by atoms with Crippen LogP contribution in [0.1, 0.15) is 12.8 Å². The number of halogens is 3. The lowest BCUT2D eigenvalue weighted by atomic mass is 9.96. The summed E-state index contributed by atoms with van der Waals surface area (Å²) in [5.41, 5.74) is -0.185. The molecule has 0 spiro atoms. The molecule has 1 aliphatic heterocycles. The molecular weight excluding hydrogens is 390 g/mol. The Labute approximate surface area is 165 Å². The Morgan fingerprint density at radius 2 is 1.89 bits per heavy atom. The Balaban J connectivity index is 1.45. The fraction of sp³-hybridized carbons (Fsp3) is 0.316. The number of likely N-dealkylation sites (tertiary alicyclic amines) is 1. The molecule has 28 heavy (non-hydrogen) atoms. The summed E-state index contributed by atoms with van der Waals surface area (Å²) in [5, 5.41) is 5.62. The van der Waals surface area contributed by atoms with E-state index in [0.717, 1.165) is 18.2 Å². The third-order valence-corrected chi connectivity index (χ3v) is 4.73. The number of carbonyl (C=O) groups is 2. The molecule has 1 saturated heterocycles. The lowest BCUT2D eigenvalue weighted by Crippen LogP contribution is -2.41. The van der Waals surface area contributed by atoms with Gasteiger partial charge in [-0.05, 0) is 50.2 Å². The highest BCUT2D eigenvalue weighted by molar-refractivity contribution is 6.30. The van der Waals surface area contributed by atoms with Crippen molar-refractivity contribution in [3.05, 3.63) is 53.2 Å². The lowest BCUT2D eigenvalue weighted by Gasteiger charge is -2.30. The van der Waals surface area contributed by atoms with Crippen molar-refractivity contribution in [2.24, 2.45) is 5.92 Å². The van der Waals surface area contributed by atoms with Gasteiger partial charge in [0.1, 0.15) is 17.5 Å². The first kappa shape index (κ1) is 20.2. The van der Waals surface area contributed by atoms with Gasteiger partial charge in [0.05, 0.1) is 17.3 Å². The van der Waals surface area contributed by atoms with E-state index in [1.54, 1.807) is 12.1 Å². The first-order chi connectivity index (χ1) is 13.4. The smallest absolute Gasteiger partial charge is 0.238 e. The van der Waals surface area contributed by atoms with Crippen molar-refractivity contribution in [1.82, 2.24) is 9.88 Å². The van der Waals surface area contributed by atoms with E-state index in [9.17, 15) is 18.4 Å². The zero-order valence-corrected chi connectivity index (χ0v) is 15.7. The fourth-order valence-electron chi connectivity index (χ4n) is 3.02. The van der Waals surface area contributed by atoms with Gasteiger partial charge in [-0.3, -0.25) is 14.5 Å². The van der Waals surface area contributed by atoms with Gasteiger partial charge in [-0.1, -0.05) is 11.6 Å². The first-order valence-electron chi connectivity index (χ1n) is 8.80. The number of pyridine rings is 1. The molecule has 0 atom stereocenters. The molecule has 2 N–H and O–H groups in total. The van der Waals surface area contributed by atoms with E-state index in [1.165, 1.54) is 6.20 Å². The quantitative estimate of drug-likeness (QED) is 0.796. The number of piperidine rings is 1. The SMILES string of the molecule is O=C(CN1CCC(C(=O)Nc2ccc(Cl)cn2)CC1)Nc1cc(F)ccc1F. The van der Waals surface area contributed by atoms with E-state index in [4.69, 9.17) is 11.6 Å². The second kappa shape index (κ2) is 9.07. The van der Waals surface area contributed by atoms with E-state index in [0.29, 0.717) is 36.8 Å². The number of rotatable bonds is 5. The van der Waals surface area contributed by atoms with Crippen LogP contribution in [0, 0.1) is 17.6 Å². The van der Waals surface area contributed by atoms with Gasteiger partial charge in [-0.15, -0.1) is 0 Å². The molecule has 2 aromatic rings. The number of nitrogens with zero attached hydrogens (tertiary/aromatic N) is 2. The molecule has 1 aromatic carbocycles. The van der Waals surface area contributed by atoms with Crippen LogP contribution in [-0.4, -0.2) is 41.3 Å². The highest BCUT2D eigenvalue weighted by Crippen LogP contribution is 2.20. The molecule has 3 rings (SSSR count). The van der Waals surface area contributed by atoms with Crippen molar-refractivity contribution in [3.63, 3.8) is 0 Å². The molecule has 148 valence electrons. The monoisotopic (exact) mass is 408 g/mol. The van der Waals surface area contributed by atoms with Gasteiger partial charge in [0.25, 0.3) is 0 Å². The van der Waals surface area contributed by atoms with E-state index < -0.39 is 17.5 Å². The number of nitrogens with one attached hydrogen (secondary N) is 2. The topological polar surface area (TPSA) is 74.3 Å². The van der Waals surface area contributed by atoms with E-state index in [2.05, 4.69) is 15.6 Å². The van der Waals surface area contributed by atoms with Crippen LogP contribution in [-0.2, 0) is 9.59 Å². The number of benzene rings is 1. The van der Waals surface area contributed by atoms with Crippen LogP contribution < -0.4 is 10.6 Å². The number of hydrogen-bond acceptors (Lipinski definition) is 4. The zero-order chi connectivity index (χ0) is 20.1. The van der Waals surface area contributed by atoms with Gasteiger partial charge < -0.3 is 10.6 Å². The maximum absolute atomic E-state index is 13.6. The van der Waals surface area contributed by atoms with E-state index in [-0.39, 0.29) is 24.1 Å². The molecule has 9 heteroatoms. The summed E-state index contributed by atoms with van der Waals surface area (Å²) in [7, 11) is 0. The number of carbonyl (C=O) groups excluding carboxylic acids is 2. The second-order valence-electron chi connectivity index (χ2n) is 6.57. The average Bonchev–Trinajstić information content (AvgIpc) is 2.67. The molecule has 0 radical (unpaired) electrons. The van der Waals surface area contributed by atoms with Crippen molar-refractivity contribution in [3.8, 4) is 0 Å². The van der Waals surface area contributed by atoms with Gasteiger partial charge in [0.15, 0.2) is 0 Å². The summed E-state index contributed by atoms with van der Waals surface area (Å²) >= 11 is 5.77. The third kappa shape index (κ3) is 5.46. The van der Waals surface area contributed by atoms with Crippen LogP contribution in [0.5, 0.6) is 0 Å². The molecule has 2 heterocycles. The van der Waals surface area contributed by atoms with Gasteiger partial charge in [-0.2, -0.15) is 0 Å². The summed E-state index contributed by atoms with van der Waals surface area (Å²) in [6.07, 6.45) is 2.63. The van der Waals surface area contributed by atoms with Crippen molar-refractivity contribution in [1.29, 1.82) is 0 Å². The number of amides is 2. The molecule has 1 fully saturated rings. The maximum Gasteiger partial charge on any atom is 0.238 e. The third-order valence-electron chi connectivity index (χ3n) is 4.51. The Morgan fingerprint density at radius 3 is 2.57 bits per heavy atom. The fourth-order valence-corrected chi connectivity index (χ4v) is 3.13. The number of anilines is 2. The number of aromatic nitrogens is 1. The standard InChI is InChI=1S/C19H19ClF2N4O2/c20-13-1-4-17(23-10-13)25-19(28)12-5-7-26(8-6-12)11-18(27)24-16-9-14(21)2-3-15(16)22/h1-4,9-10,12H,5-8,11H2,(H,24,27)(H,23,25,28). The van der Waals surface area contributed by atoms with Gasteiger partial charge in [-0.25, -0.2) is 13.8 Å². The molecule has 0 bridgehead atoms. The van der Waals surface area contributed by atoms with Crippen LogP contribution in [0.2, 0.25) is 5.02 Å². The molecule has 0 saturated carbocycles.